The molecule has 1 aromatic heterocycles. The second kappa shape index (κ2) is 4.13. The van der Waals surface area contributed by atoms with E-state index in [0.29, 0.717) is 5.92 Å². The Morgan fingerprint density at radius 2 is 2.21 bits per heavy atom. The van der Waals surface area contributed by atoms with Crippen LogP contribution in [0.1, 0.15) is 26.3 Å². The van der Waals surface area contributed by atoms with Crippen LogP contribution in [-0.2, 0) is 13.5 Å². The lowest BCUT2D eigenvalue weighted by Gasteiger charge is -2.32. The highest BCUT2D eigenvalue weighted by molar-refractivity contribution is 5.07. The molecule has 0 fully saturated rings. The maximum atomic E-state index is 5.84. The Kier molecular flexibility index (Phi) is 3.32. The molecule has 0 aromatic carbocycles. The lowest BCUT2D eigenvalue weighted by atomic mass is 9.75. The van der Waals surface area contributed by atoms with Gasteiger partial charge in [-0.25, -0.2) is 0 Å². The van der Waals surface area contributed by atoms with Crippen molar-refractivity contribution in [2.24, 2.45) is 24.1 Å². The zero-order valence-electron chi connectivity index (χ0n) is 9.62. The van der Waals surface area contributed by atoms with E-state index in [1.807, 2.05) is 17.9 Å². The largest absolute Gasteiger partial charge is 0.330 e. The highest BCUT2D eigenvalue weighted by Gasteiger charge is 2.27. The Balaban J connectivity index is 2.75. The van der Waals surface area contributed by atoms with Crippen molar-refractivity contribution in [2.75, 3.05) is 6.54 Å². The van der Waals surface area contributed by atoms with Crippen molar-refractivity contribution in [1.82, 2.24) is 9.78 Å². The summed E-state index contributed by atoms with van der Waals surface area (Å²) in [4.78, 5) is 0. The van der Waals surface area contributed by atoms with Crippen molar-refractivity contribution in [3.05, 3.63) is 18.0 Å². The van der Waals surface area contributed by atoms with Gasteiger partial charge in [0.25, 0.3) is 0 Å². The molecule has 1 atom stereocenters. The van der Waals surface area contributed by atoms with Crippen LogP contribution in [0.5, 0.6) is 0 Å². The van der Waals surface area contributed by atoms with E-state index in [1.165, 1.54) is 5.56 Å². The van der Waals surface area contributed by atoms with E-state index in [9.17, 15) is 0 Å². The minimum absolute atomic E-state index is 0.184. The summed E-state index contributed by atoms with van der Waals surface area (Å²) in [5, 5.41) is 4.17. The molecule has 0 radical (unpaired) electrons. The van der Waals surface area contributed by atoms with E-state index < -0.39 is 0 Å². The molecule has 1 heterocycles. The third kappa shape index (κ3) is 2.35. The average molecular weight is 195 g/mol. The standard InChI is InChI=1S/C11H21N3/c1-9(2)11(3,8-12)5-10-6-13-14(4)7-10/h6-7,9H,5,8,12H2,1-4H3. The molecule has 0 saturated heterocycles. The normalized spacial score (nSPS) is 15.9. The summed E-state index contributed by atoms with van der Waals surface area (Å²) in [5.41, 5.74) is 7.29. The van der Waals surface area contributed by atoms with Crippen molar-refractivity contribution in [1.29, 1.82) is 0 Å². The molecule has 1 aromatic rings. The molecular weight excluding hydrogens is 174 g/mol. The van der Waals surface area contributed by atoms with Crippen LogP contribution in [0.3, 0.4) is 0 Å². The molecular formula is C11H21N3. The zero-order chi connectivity index (χ0) is 10.8. The van der Waals surface area contributed by atoms with Gasteiger partial charge in [0.05, 0.1) is 6.20 Å². The van der Waals surface area contributed by atoms with Crippen LogP contribution in [0, 0.1) is 11.3 Å². The monoisotopic (exact) mass is 195 g/mol. The number of aromatic nitrogens is 2. The third-order valence-corrected chi connectivity index (χ3v) is 3.23. The van der Waals surface area contributed by atoms with Gasteiger partial charge in [-0.2, -0.15) is 5.10 Å². The molecule has 0 amide bonds. The van der Waals surface area contributed by atoms with Crippen molar-refractivity contribution in [3.8, 4) is 0 Å². The first-order valence-corrected chi connectivity index (χ1v) is 5.15. The van der Waals surface area contributed by atoms with Gasteiger partial charge in [-0.15, -0.1) is 0 Å². The summed E-state index contributed by atoms with van der Waals surface area (Å²) < 4.78 is 1.84. The summed E-state index contributed by atoms with van der Waals surface area (Å²) >= 11 is 0. The van der Waals surface area contributed by atoms with Crippen LogP contribution in [0.15, 0.2) is 12.4 Å². The summed E-state index contributed by atoms with van der Waals surface area (Å²) in [5.74, 6) is 0.590. The van der Waals surface area contributed by atoms with Gasteiger partial charge >= 0.3 is 0 Å². The Bertz CT molecular complexity index is 290. The smallest absolute Gasteiger partial charge is 0.0521 e. The SMILES string of the molecule is CC(C)C(C)(CN)Cc1cnn(C)c1. The number of nitrogens with zero attached hydrogens (tertiary/aromatic N) is 2. The fourth-order valence-corrected chi connectivity index (χ4v) is 1.54. The van der Waals surface area contributed by atoms with Gasteiger partial charge in [0.15, 0.2) is 0 Å². The summed E-state index contributed by atoms with van der Waals surface area (Å²) in [6, 6.07) is 0. The molecule has 0 saturated carbocycles. The van der Waals surface area contributed by atoms with Crippen LogP contribution >= 0.6 is 0 Å². The molecule has 1 rings (SSSR count). The Morgan fingerprint density at radius 3 is 2.57 bits per heavy atom. The summed E-state index contributed by atoms with van der Waals surface area (Å²) in [7, 11) is 1.94. The Hall–Kier alpha value is -0.830. The number of rotatable bonds is 4. The van der Waals surface area contributed by atoms with Crippen LogP contribution in [0.4, 0.5) is 0 Å². The minimum Gasteiger partial charge on any atom is -0.330 e. The molecule has 2 N–H and O–H groups in total. The van der Waals surface area contributed by atoms with Crippen LogP contribution in [-0.4, -0.2) is 16.3 Å². The van der Waals surface area contributed by atoms with E-state index >= 15 is 0 Å². The second-order valence-corrected chi connectivity index (χ2v) is 4.71. The molecule has 80 valence electrons. The fraction of sp³-hybridized carbons (Fsp3) is 0.727. The van der Waals surface area contributed by atoms with Gasteiger partial charge in [0.2, 0.25) is 0 Å². The molecule has 0 bridgehead atoms. The van der Waals surface area contributed by atoms with Crippen molar-refractivity contribution in [2.45, 2.75) is 27.2 Å². The molecule has 14 heavy (non-hydrogen) atoms. The Morgan fingerprint density at radius 1 is 1.57 bits per heavy atom. The maximum Gasteiger partial charge on any atom is 0.0521 e. The van der Waals surface area contributed by atoms with Crippen LogP contribution in [0.25, 0.3) is 0 Å². The predicted octanol–water partition coefficient (Wildman–Crippen LogP) is 1.58. The lowest BCUT2D eigenvalue weighted by molar-refractivity contribution is 0.227. The van der Waals surface area contributed by atoms with E-state index in [-0.39, 0.29) is 5.41 Å². The molecule has 1 unspecified atom stereocenters. The number of hydrogen-bond donors (Lipinski definition) is 1. The first-order valence-electron chi connectivity index (χ1n) is 5.15. The maximum absolute atomic E-state index is 5.84. The molecule has 0 aliphatic rings. The van der Waals surface area contributed by atoms with E-state index in [1.54, 1.807) is 0 Å². The topological polar surface area (TPSA) is 43.8 Å². The second-order valence-electron chi connectivity index (χ2n) is 4.71. The number of aryl methyl sites for hydroxylation is 1. The first kappa shape index (κ1) is 11.2. The molecule has 0 aliphatic carbocycles. The van der Waals surface area contributed by atoms with Crippen LogP contribution < -0.4 is 5.73 Å². The zero-order valence-corrected chi connectivity index (χ0v) is 9.62. The molecule has 3 nitrogen and oxygen atoms in total. The molecule has 3 heteroatoms. The fourth-order valence-electron chi connectivity index (χ4n) is 1.54. The lowest BCUT2D eigenvalue weighted by Crippen LogP contribution is -2.34. The highest BCUT2D eigenvalue weighted by atomic mass is 15.2. The van der Waals surface area contributed by atoms with Crippen LogP contribution in [0.2, 0.25) is 0 Å². The molecule has 0 aliphatic heterocycles. The van der Waals surface area contributed by atoms with Gasteiger partial charge in [-0.05, 0) is 29.9 Å². The van der Waals surface area contributed by atoms with Gasteiger partial charge in [-0.3, -0.25) is 4.68 Å². The first-order chi connectivity index (χ1) is 6.48. The summed E-state index contributed by atoms with van der Waals surface area (Å²) in [6.07, 6.45) is 5.00. The van der Waals surface area contributed by atoms with E-state index in [2.05, 4.69) is 32.1 Å². The van der Waals surface area contributed by atoms with Gasteiger partial charge < -0.3 is 5.73 Å². The number of hydrogen-bond acceptors (Lipinski definition) is 2. The van der Waals surface area contributed by atoms with Crippen molar-refractivity contribution in [3.63, 3.8) is 0 Å². The third-order valence-electron chi connectivity index (χ3n) is 3.23. The minimum atomic E-state index is 0.184. The predicted molar refractivity (Wildman–Crippen MR) is 58.9 cm³/mol. The van der Waals surface area contributed by atoms with E-state index in [4.69, 9.17) is 5.73 Å². The van der Waals surface area contributed by atoms with E-state index in [0.717, 1.165) is 13.0 Å². The van der Waals surface area contributed by atoms with Gasteiger partial charge in [0, 0.05) is 13.2 Å². The quantitative estimate of drug-likeness (QED) is 0.792. The van der Waals surface area contributed by atoms with Crippen molar-refractivity contribution < 1.29 is 0 Å². The average Bonchev–Trinajstić information content (AvgIpc) is 2.50. The summed E-state index contributed by atoms with van der Waals surface area (Å²) in [6.45, 7) is 7.41. The van der Waals surface area contributed by atoms with Gasteiger partial charge in [-0.1, -0.05) is 20.8 Å². The Labute approximate surface area is 86.3 Å². The molecule has 0 spiro atoms. The van der Waals surface area contributed by atoms with Crippen molar-refractivity contribution >= 4 is 0 Å². The highest BCUT2D eigenvalue weighted by Crippen LogP contribution is 2.29. The number of nitrogens with two attached hydrogens (primary N) is 1. The van der Waals surface area contributed by atoms with Gasteiger partial charge in [0.1, 0.15) is 0 Å².